The summed E-state index contributed by atoms with van der Waals surface area (Å²) in [7, 11) is 0. The fourth-order valence-corrected chi connectivity index (χ4v) is 4.04. The number of fused-ring (bicyclic) bond motifs is 3. The summed E-state index contributed by atoms with van der Waals surface area (Å²) >= 11 is 9.29. The van der Waals surface area contributed by atoms with E-state index in [-0.39, 0.29) is 16.8 Å². The Morgan fingerprint density at radius 3 is 2.89 bits per heavy atom. The van der Waals surface area contributed by atoms with E-state index in [0.29, 0.717) is 21.9 Å². The van der Waals surface area contributed by atoms with Crippen molar-refractivity contribution in [3.63, 3.8) is 0 Å². The largest absolute Gasteiger partial charge is 0.465 e. The predicted octanol–water partition coefficient (Wildman–Crippen LogP) is 4.40. The highest BCUT2D eigenvalue weighted by Crippen LogP contribution is 2.44. The number of ketones is 1. The monoisotopic (exact) mass is 450 g/mol. The number of hydrogen-bond donors (Lipinski definition) is 0. The lowest BCUT2D eigenvalue weighted by Crippen LogP contribution is -2.27. The molecule has 1 aliphatic carbocycles. The molecule has 8 heteroatoms. The van der Waals surface area contributed by atoms with Crippen LogP contribution in [-0.2, 0) is 9.53 Å². The molecule has 0 amide bonds. The maximum Gasteiger partial charge on any atom is 0.317 e. The minimum atomic E-state index is -1.05. The first kappa shape index (κ1) is 18.1. The fourth-order valence-electron chi connectivity index (χ4n) is 3.52. The van der Waals surface area contributed by atoms with Gasteiger partial charge in [0.2, 0.25) is 0 Å². The van der Waals surface area contributed by atoms with E-state index in [4.69, 9.17) is 16.3 Å². The summed E-state index contributed by atoms with van der Waals surface area (Å²) in [4.78, 5) is 29.9. The van der Waals surface area contributed by atoms with Crippen LogP contribution in [-0.4, -0.2) is 27.7 Å². The maximum absolute atomic E-state index is 13.9. The molecule has 3 aromatic rings. The molecule has 1 aromatic carbocycles. The third-order valence-electron chi connectivity index (χ3n) is 4.59. The van der Waals surface area contributed by atoms with Gasteiger partial charge in [-0.1, -0.05) is 23.7 Å². The van der Waals surface area contributed by atoms with Gasteiger partial charge in [-0.25, -0.2) is 9.37 Å². The Kier molecular flexibility index (Phi) is 4.52. The number of nitrogens with zero attached hydrogens (tertiary/aromatic N) is 2. The number of carbonyl (C=O) groups is 2. The number of aromatic nitrogens is 2. The molecule has 0 saturated carbocycles. The highest BCUT2D eigenvalue weighted by molar-refractivity contribution is 9.10. The molecule has 0 radical (unpaired) electrons. The van der Waals surface area contributed by atoms with E-state index in [1.54, 1.807) is 35.6 Å². The molecule has 138 valence electrons. The molecule has 4 rings (SSSR count). The van der Waals surface area contributed by atoms with Gasteiger partial charge in [-0.05, 0) is 40.5 Å². The van der Waals surface area contributed by atoms with Crippen molar-refractivity contribution in [3.8, 4) is 0 Å². The normalized spacial score (nSPS) is 18.7. The van der Waals surface area contributed by atoms with Gasteiger partial charge in [-0.2, -0.15) is 0 Å². The zero-order chi connectivity index (χ0) is 19.3. The zero-order valence-corrected chi connectivity index (χ0v) is 16.4. The second-order valence-corrected chi connectivity index (χ2v) is 7.46. The summed E-state index contributed by atoms with van der Waals surface area (Å²) in [6.07, 6.45) is 1.51. The van der Waals surface area contributed by atoms with Gasteiger partial charge >= 0.3 is 5.97 Å². The SMILES string of the molecule is CCOC(=O)C1C(=O)c2nc3cc(F)c(Br)cn3c2C1c1cccc(Cl)c1. The number of rotatable bonds is 3. The predicted molar refractivity (Wildman–Crippen MR) is 101 cm³/mol. The van der Waals surface area contributed by atoms with Gasteiger partial charge in [0, 0.05) is 23.2 Å². The van der Waals surface area contributed by atoms with Crippen molar-refractivity contribution in [1.82, 2.24) is 9.38 Å². The van der Waals surface area contributed by atoms with Crippen molar-refractivity contribution < 1.29 is 18.7 Å². The molecule has 0 aliphatic heterocycles. The molecule has 2 aromatic heterocycles. The average Bonchev–Trinajstić information content (AvgIpc) is 3.11. The third-order valence-corrected chi connectivity index (χ3v) is 5.41. The van der Waals surface area contributed by atoms with Gasteiger partial charge in [0.15, 0.2) is 5.78 Å². The van der Waals surface area contributed by atoms with Crippen LogP contribution in [0.5, 0.6) is 0 Å². The number of hydrogen-bond acceptors (Lipinski definition) is 4. The molecule has 2 heterocycles. The minimum absolute atomic E-state index is 0.149. The molecular formula is C19H13BrClFN2O3. The van der Waals surface area contributed by atoms with E-state index in [9.17, 15) is 14.0 Å². The van der Waals surface area contributed by atoms with Crippen LogP contribution < -0.4 is 0 Å². The Hall–Kier alpha value is -2.25. The Morgan fingerprint density at radius 2 is 2.19 bits per heavy atom. The number of carbonyl (C=O) groups excluding carboxylic acids is 2. The molecule has 2 unspecified atom stereocenters. The molecule has 0 spiro atoms. The second kappa shape index (κ2) is 6.73. The highest BCUT2D eigenvalue weighted by atomic mass is 79.9. The number of esters is 1. The lowest BCUT2D eigenvalue weighted by atomic mass is 9.87. The van der Waals surface area contributed by atoms with Crippen molar-refractivity contribution >= 4 is 44.9 Å². The Labute approximate surface area is 167 Å². The number of pyridine rings is 1. The fraction of sp³-hybridized carbons (Fsp3) is 0.211. The second-order valence-electron chi connectivity index (χ2n) is 6.17. The molecule has 0 fully saturated rings. The van der Waals surface area contributed by atoms with Gasteiger partial charge in [0.25, 0.3) is 0 Å². The van der Waals surface area contributed by atoms with E-state index in [0.717, 1.165) is 0 Å². The zero-order valence-electron chi connectivity index (χ0n) is 14.1. The topological polar surface area (TPSA) is 60.7 Å². The van der Waals surface area contributed by atoms with E-state index in [1.165, 1.54) is 12.3 Å². The molecule has 0 N–H and O–H groups in total. The summed E-state index contributed by atoms with van der Waals surface area (Å²) in [5.74, 6) is -3.21. The summed E-state index contributed by atoms with van der Waals surface area (Å²) in [6, 6.07) is 8.20. The van der Waals surface area contributed by atoms with Crippen LogP contribution in [0.4, 0.5) is 4.39 Å². The van der Waals surface area contributed by atoms with Crippen molar-refractivity contribution in [1.29, 1.82) is 0 Å². The smallest absolute Gasteiger partial charge is 0.317 e. The highest BCUT2D eigenvalue weighted by Gasteiger charge is 2.49. The van der Waals surface area contributed by atoms with E-state index in [2.05, 4.69) is 20.9 Å². The van der Waals surface area contributed by atoms with Crippen LogP contribution in [0.2, 0.25) is 5.02 Å². The Morgan fingerprint density at radius 1 is 1.41 bits per heavy atom. The van der Waals surface area contributed by atoms with Gasteiger partial charge in [0.1, 0.15) is 23.1 Å². The van der Waals surface area contributed by atoms with Gasteiger partial charge in [0.05, 0.1) is 16.8 Å². The van der Waals surface area contributed by atoms with Crippen LogP contribution in [0.1, 0.15) is 34.6 Å². The van der Waals surface area contributed by atoms with Gasteiger partial charge in [-0.15, -0.1) is 0 Å². The molecule has 27 heavy (non-hydrogen) atoms. The molecule has 0 saturated heterocycles. The van der Waals surface area contributed by atoms with E-state index < -0.39 is 29.4 Å². The minimum Gasteiger partial charge on any atom is -0.465 e. The standard InChI is InChI=1S/C19H13BrClFN2O3/c1-2-27-19(26)15-14(9-4-3-5-10(21)6-9)17-16(18(15)25)23-13-7-12(22)11(20)8-24(13)17/h3-8,14-15H,2H2,1H3. The van der Waals surface area contributed by atoms with Gasteiger partial charge < -0.3 is 9.14 Å². The lowest BCUT2D eigenvalue weighted by Gasteiger charge is -2.19. The average molecular weight is 452 g/mol. The first-order valence-electron chi connectivity index (χ1n) is 8.25. The van der Waals surface area contributed by atoms with E-state index >= 15 is 0 Å². The Balaban J connectivity index is 1.98. The Bertz CT molecular complexity index is 1100. The van der Waals surface area contributed by atoms with E-state index in [1.807, 2.05) is 0 Å². The van der Waals surface area contributed by atoms with Crippen LogP contribution in [0.3, 0.4) is 0 Å². The van der Waals surface area contributed by atoms with Crippen molar-refractivity contribution in [2.45, 2.75) is 12.8 Å². The molecule has 2 atom stereocenters. The maximum atomic E-state index is 13.9. The molecular weight excluding hydrogens is 439 g/mol. The number of ether oxygens (including phenoxy) is 1. The lowest BCUT2D eigenvalue weighted by molar-refractivity contribution is -0.146. The van der Waals surface area contributed by atoms with Crippen molar-refractivity contribution in [2.75, 3.05) is 6.61 Å². The van der Waals surface area contributed by atoms with Crippen LogP contribution in [0.15, 0.2) is 41.0 Å². The summed E-state index contributed by atoms with van der Waals surface area (Å²) in [6.45, 7) is 1.84. The van der Waals surface area contributed by atoms with Crippen LogP contribution in [0, 0.1) is 11.7 Å². The summed E-state index contributed by atoms with van der Waals surface area (Å²) < 4.78 is 20.9. The first-order valence-corrected chi connectivity index (χ1v) is 9.42. The number of benzene rings is 1. The quantitative estimate of drug-likeness (QED) is 0.437. The number of Topliss-reactive ketones (excluding diaryl/α,β-unsaturated/α-hetero) is 1. The first-order chi connectivity index (χ1) is 12.9. The van der Waals surface area contributed by atoms with Crippen LogP contribution in [0.25, 0.3) is 5.65 Å². The van der Waals surface area contributed by atoms with Crippen molar-refractivity contribution in [2.24, 2.45) is 5.92 Å². The molecule has 0 bridgehead atoms. The third kappa shape index (κ3) is 2.85. The molecule has 5 nitrogen and oxygen atoms in total. The molecule has 1 aliphatic rings. The van der Waals surface area contributed by atoms with Crippen molar-refractivity contribution in [3.05, 3.63) is 68.8 Å². The van der Waals surface area contributed by atoms with Crippen LogP contribution >= 0.6 is 27.5 Å². The summed E-state index contributed by atoms with van der Waals surface area (Å²) in [5.41, 5.74) is 1.66. The number of halogens is 3. The van der Waals surface area contributed by atoms with Gasteiger partial charge in [-0.3, -0.25) is 9.59 Å². The summed E-state index contributed by atoms with van der Waals surface area (Å²) in [5, 5.41) is 0.483. The number of imidazole rings is 1.